The van der Waals surface area contributed by atoms with E-state index in [0.717, 1.165) is 5.69 Å². The van der Waals surface area contributed by atoms with E-state index in [1.54, 1.807) is 11.0 Å². The Bertz CT molecular complexity index is 1020. The number of benzene rings is 2. The molecule has 0 spiro atoms. The van der Waals surface area contributed by atoms with Crippen molar-refractivity contribution in [1.82, 2.24) is 5.32 Å². The van der Waals surface area contributed by atoms with Crippen LogP contribution in [-0.4, -0.2) is 56.2 Å². The van der Waals surface area contributed by atoms with Gasteiger partial charge >= 0.3 is 12.1 Å². The normalized spacial score (nSPS) is 18.2. The maximum absolute atomic E-state index is 15.0. The van der Waals surface area contributed by atoms with Crippen LogP contribution >= 0.6 is 12.2 Å². The Balaban J connectivity index is 1.43. The Morgan fingerprint density at radius 1 is 1.12 bits per heavy atom. The third-order valence-electron chi connectivity index (χ3n) is 5.23. The summed E-state index contributed by atoms with van der Waals surface area (Å²) in [6, 6.07) is 13.3. The Hall–Kier alpha value is -3.40. The van der Waals surface area contributed by atoms with Crippen molar-refractivity contribution < 1.29 is 23.5 Å². The molecule has 8 nitrogen and oxygen atoms in total. The van der Waals surface area contributed by atoms with Crippen molar-refractivity contribution in [3.63, 3.8) is 0 Å². The molecule has 4 rings (SSSR count). The molecule has 2 heterocycles. The third kappa shape index (κ3) is 4.45. The lowest BCUT2D eigenvalue weighted by atomic mass is 10.2. The first kappa shape index (κ1) is 21.8. The van der Waals surface area contributed by atoms with Gasteiger partial charge in [0, 0.05) is 18.8 Å². The van der Waals surface area contributed by atoms with Gasteiger partial charge in [0.1, 0.15) is 11.9 Å². The van der Waals surface area contributed by atoms with Crippen LogP contribution in [-0.2, 0) is 9.47 Å². The van der Waals surface area contributed by atoms with Crippen molar-refractivity contribution in [2.75, 3.05) is 47.5 Å². The molecule has 10 heteroatoms. The molecule has 2 aliphatic rings. The summed E-state index contributed by atoms with van der Waals surface area (Å²) in [6.45, 7) is 3.61. The van der Waals surface area contributed by atoms with E-state index in [1.807, 2.05) is 37.3 Å². The zero-order valence-electron chi connectivity index (χ0n) is 17.5. The van der Waals surface area contributed by atoms with E-state index in [-0.39, 0.29) is 23.4 Å². The summed E-state index contributed by atoms with van der Waals surface area (Å²) in [5.74, 6) is -0.585. The quantitative estimate of drug-likeness (QED) is 0.668. The number of amides is 3. The number of hydrogen-bond donors (Lipinski definition) is 1. The minimum atomic E-state index is -0.585. The number of carbonyl (C=O) groups is 2. The number of para-hydroxylation sites is 1. The fourth-order valence-corrected chi connectivity index (χ4v) is 3.91. The van der Waals surface area contributed by atoms with Crippen molar-refractivity contribution in [2.24, 2.45) is 0 Å². The number of cyclic esters (lactones) is 1. The maximum atomic E-state index is 15.0. The highest BCUT2D eigenvalue weighted by atomic mass is 32.1. The summed E-state index contributed by atoms with van der Waals surface area (Å²) in [7, 11) is 0. The predicted molar refractivity (Wildman–Crippen MR) is 123 cm³/mol. The smallest absolute Gasteiger partial charge is 0.414 e. The van der Waals surface area contributed by atoms with E-state index in [1.165, 1.54) is 21.9 Å². The van der Waals surface area contributed by atoms with Gasteiger partial charge in [-0.05, 0) is 49.5 Å². The number of ether oxygens (including phenoxy) is 2. The largest absolute Gasteiger partial charge is 0.471 e. The highest BCUT2D eigenvalue weighted by Gasteiger charge is 2.35. The van der Waals surface area contributed by atoms with Crippen LogP contribution in [0.3, 0.4) is 0 Å². The van der Waals surface area contributed by atoms with Crippen molar-refractivity contribution in [3.8, 4) is 0 Å². The monoisotopic (exact) mass is 458 g/mol. The number of thiocarbonyl (C=S) groups is 1. The molecule has 1 N–H and O–H groups in total. The number of nitrogens with one attached hydrogen (secondary N) is 1. The van der Waals surface area contributed by atoms with Gasteiger partial charge in [-0.25, -0.2) is 14.0 Å². The van der Waals surface area contributed by atoms with Crippen LogP contribution in [0.15, 0.2) is 48.5 Å². The summed E-state index contributed by atoms with van der Waals surface area (Å²) in [5, 5.41) is 3.11. The van der Waals surface area contributed by atoms with E-state index in [9.17, 15) is 14.0 Å². The van der Waals surface area contributed by atoms with E-state index in [4.69, 9.17) is 21.7 Å². The molecule has 0 radical (unpaired) electrons. The molecule has 0 aliphatic carbocycles. The number of nitrogens with zero attached hydrogens (tertiary/aromatic N) is 3. The van der Waals surface area contributed by atoms with Crippen LogP contribution in [0.2, 0.25) is 0 Å². The van der Waals surface area contributed by atoms with E-state index in [0.29, 0.717) is 31.9 Å². The lowest BCUT2D eigenvalue weighted by Gasteiger charge is -2.20. The molecule has 168 valence electrons. The van der Waals surface area contributed by atoms with Gasteiger partial charge < -0.3 is 14.8 Å². The fraction of sp³-hybridized carbons (Fsp3) is 0.318. The molecular weight excluding hydrogens is 435 g/mol. The first-order valence-electron chi connectivity index (χ1n) is 10.3. The van der Waals surface area contributed by atoms with E-state index in [2.05, 4.69) is 5.32 Å². The third-order valence-corrected chi connectivity index (χ3v) is 5.50. The zero-order valence-corrected chi connectivity index (χ0v) is 18.3. The minimum Gasteiger partial charge on any atom is -0.471 e. The number of halogens is 1. The second-order valence-corrected chi connectivity index (χ2v) is 7.65. The predicted octanol–water partition coefficient (Wildman–Crippen LogP) is 3.51. The van der Waals surface area contributed by atoms with Crippen LogP contribution in [0.5, 0.6) is 0 Å². The molecule has 0 saturated carbocycles. The van der Waals surface area contributed by atoms with Crippen LogP contribution in [0.4, 0.5) is 31.0 Å². The van der Waals surface area contributed by atoms with Gasteiger partial charge in [-0.2, -0.15) is 0 Å². The molecule has 32 heavy (non-hydrogen) atoms. The SMILES string of the molecule is CCOC(=S)NC[C@H]1CN(c2ccc(N3CCN(c4ccccc4)C3=O)c(F)c2)C(=O)O1. The number of hydrogen-bond acceptors (Lipinski definition) is 5. The first-order chi connectivity index (χ1) is 15.5. The van der Waals surface area contributed by atoms with Gasteiger partial charge in [0.15, 0.2) is 0 Å². The lowest BCUT2D eigenvalue weighted by molar-refractivity contribution is 0.141. The molecule has 0 bridgehead atoms. The Morgan fingerprint density at radius 3 is 2.59 bits per heavy atom. The molecule has 3 amide bonds. The molecule has 2 fully saturated rings. The molecule has 1 atom stereocenters. The molecule has 2 aliphatic heterocycles. The van der Waals surface area contributed by atoms with Gasteiger partial charge in [-0.3, -0.25) is 14.7 Å². The molecule has 2 saturated heterocycles. The van der Waals surface area contributed by atoms with Crippen LogP contribution in [0.25, 0.3) is 0 Å². The van der Waals surface area contributed by atoms with Gasteiger partial charge in [0.25, 0.3) is 5.17 Å². The second-order valence-electron chi connectivity index (χ2n) is 7.27. The maximum Gasteiger partial charge on any atom is 0.414 e. The zero-order chi connectivity index (χ0) is 22.7. The number of urea groups is 1. The minimum absolute atomic E-state index is 0.171. The topological polar surface area (TPSA) is 74.4 Å². The number of rotatable bonds is 6. The number of carbonyl (C=O) groups excluding carboxylic acids is 2. The van der Waals surface area contributed by atoms with E-state index < -0.39 is 18.0 Å². The van der Waals surface area contributed by atoms with E-state index >= 15 is 0 Å². The Labute approximate surface area is 190 Å². The van der Waals surface area contributed by atoms with Gasteiger partial charge in [0.2, 0.25) is 0 Å². The summed E-state index contributed by atoms with van der Waals surface area (Å²) >= 11 is 5.00. The standard InChI is InChI=1S/C22H23FN4O4S/c1-2-30-20(32)24-13-17-14-27(22(29)31-17)16-8-9-19(18(23)12-16)26-11-10-25(21(26)28)15-6-4-3-5-7-15/h3-9,12,17H,2,10-11,13-14H2,1H3,(H,24,32)/t17-/m0/s1. The van der Waals surface area contributed by atoms with Crippen molar-refractivity contribution in [3.05, 3.63) is 54.3 Å². The van der Waals surface area contributed by atoms with Crippen molar-refractivity contribution >= 4 is 46.6 Å². The average molecular weight is 459 g/mol. The average Bonchev–Trinajstić information content (AvgIpc) is 3.35. The molecule has 0 aromatic heterocycles. The highest BCUT2D eigenvalue weighted by Crippen LogP contribution is 2.31. The molecule has 0 unspecified atom stereocenters. The highest BCUT2D eigenvalue weighted by molar-refractivity contribution is 7.80. The lowest BCUT2D eigenvalue weighted by Crippen LogP contribution is -2.35. The summed E-state index contributed by atoms with van der Waals surface area (Å²) in [6.07, 6.45) is -1.03. The van der Waals surface area contributed by atoms with Crippen LogP contribution in [0, 0.1) is 5.82 Å². The van der Waals surface area contributed by atoms with Gasteiger partial charge in [-0.15, -0.1) is 0 Å². The summed E-state index contributed by atoms with van der Waals surface area (Å²) < 4.78 is 25.4. The summed E-state index contributed by atoms with van der Waals surface area (Å²) in [4.78, 5) is 29.5. The Morgan fingerprint density at radius 2 is 1.88 bits per heavy atom. The van der Waals surface area contributed by atoms with Crippen LogP contribution < -0.4 is 20.0 Å². The Kier molecular flexibility index (Phi) is 6.40. The molecular formula is C22H23FN4O4S. The fourth-order valence-electron chi connectivity index (χ4n) is 3.71. The van der Waals surface area contributed by atoms with Crippen LogP contribution in [0.1, 0.15) is 6.92 Å². The second kappa shape index (κ2) is 9.39. The molecule has 2 aromatic carbocycles. The van der Waals surface area contributed by atoms with Gasteiger partial charge in [0.05, 0.1) is 31.1 Å². The van der Waals surface area contributed by atoms with Crippen molar-refractivity contribution in [2.45, 2.75) is 13.0 Å². The van der Waals surface area contributed by atoms with Gasteiger partial charge in [-0.1, -0.05) is 18.2 Å². The summed E-state index contributed by atoms with van der Waals surface area (Å²) in [5.41, 5.74) is 1.29. The number of anilines is 3. The first-order valence-corrected chi connectivity index (χ1v) is 10.7. The molecule has 2 aromatic rings. The van der Waals surface area contributed by atoms with Crippen molar-refractivity contribution in [1.29, 1.82) is 0 Å².